The third-order valence-corrected chi connectivity index (χ3v) is 4.40. The Morgan fingerprint density at radius 1 is 1.13 bits per heavy atom. The Balaban J connectivity index is 1.88. The van der Waals surface area contributed by atoms with Gasteiger partial charge in [0.25, 0.3) is 0 Å². The van der Waals surface area contributed by atoms with E-state index in [1.165, 1.54) is 24.3 Å². The summed E-state index contributed by atoms with van der Waals surface area (Å²) >= 11 is 5.86. The van der Waals surface area contributed by atoms with E-state index in [-0.39, 0.29) is 17.1 Å². The van der Waals surface area contributed by atoms with Crippen LogP contribution < -0.4 is 5.32 Å². The van der Waals surface area contributed by atoms with Gasteiger partial charge in [0.05, 0.1) is 5.56 Å². The van der Waals surface area contributed by atoms with Gasteiger partial charge < -0.3 is 10.4 Å². The number of halogens is 1. The molecule has 0 aliphatic rings. The van der Waals surface area contributed by atoms with Gasteiger partial charge in [0, 0.05) is 27.3 Å². The van der Waals surface area contributed by atoms with E-state index in [0.717, 1.165) is 5.56 Å². The lowest BCUT2D eigenvalue weighted by Crippen LogP contribution is -2.20. The second kappa shape index (κ2) is 7.89. The molecule has 0 aliphatic heterocycles. The van der Waals surface area contributed by atoms with Gasteiger partial charge in [0.2, 0.25) is 5.91 Å². The lowest BCUT2D eigenvalue weighted by atomic mass is 10.2. The summed E-state index contributed by atoms with van der Waals surface area (Å²) in [6, 6.07) is 12.7. The molecule has 1 amide bonds. The molecule has 0 radical (unpaired) electrons. The summed E-state index contributed by atoms with van der Waals surface area (Å²) in [5, 5.41) is 11.9. The maximum absolute atomic E-state index is 12.0. The number of anilines is 1. The summed E-state index contributed by atoms with van der Waals surface area (Å²) in [6.45, 7) is 0. The number of aromatic carboxylic acids is 1. The van der Waals surface area contributed by atoms with Gasteiger partial charge in [-0.05, 0) is 42.0 Å². The fourth-order valence-corrected chi connectivity index (χ4v) is 3.13. The summed E-state index contributed by atoms with van der Waals surface area (Å²) in [7, 11) is -1.36. The van der Waals surface area contributed by atoms with Gasteiger partial charge in [-0.25, -0.2) is 4.79 Å². The van der Waals surface area contributed by atoms with Crippen LogP contribution in [0.15, 0.2) is 48.5 Å². The average molecular weight is 352 g/mol. The molecule has 0 bridgehead atoms. The first kappa shape index (κ1) is 17.2. The van der Waals surface area contributed by atoms with Gasteiger partial charge in [-0.15, -0.1) is 0 Å². The third-order valence-electron chi connectivity index (χ3n) is 2.92. The summed E-state index contributed by atoms with van der Waals surface area (Å²) in [4.78, 5) is 22.6. The average Bonchev–Trinajstić information content (AvgIpc) is 2.47. The fraction of sp³-hybridized carbons (Fsp3) is 0.125. The van der Waals surface area contributed by atoms with Crippen LogP contribution in [0.4, 0.5) is 5.69 Å². The van der Waals surface area contributed by atoms with Crippen molar-refractivity contribution in [1.29, 1.82) is 0 Å². The molecule has 23 heavy (non-hydrogen) atoms. The van der Waals surface area contributed by atoms with E-state index in [4.69, 9.17) is 16.7 Å². The normalized spacial score (nSPS) is 11.7. The number of hydrogen-bond donors (Lipinski definition) is 2. The zero-order valence-electron chi connectivity index (χ0n) is 12.0. The predicted octanol–water partition coefficient (Wildman–Crippen LogP) is 2.93. The van der Waals surface area contributed by atoms with Gasteiger partial charge in [-0.2, -0.15) is 0 Å². The Bertz CT molecular complexity index is 746. The molecule has 0 aliphatic carbocycles. The molecule has 1 unspecified atom stereocenters. The van der Waals surface area contributed by atoms with Crippen LogP contribution in [0.3, 0.4) is 0 Å². The second-order valence-electron chi connectivity index (χ2n) is 4.79. The lowest BCUT2D eigenvalue weighted by Gasteiger charge is -2.06. The van der Waals surface area contributed by atoms with E-state index in [1.54, 1.807) is 24.3 Å². The molecule has 0 saturated carbocycles. The highest BCUT2D eigenvalue weighted by Gasteiger charge is 2.10. The Morgan fingerprint density at radius 2 is 1.83 bits per heavy atom. The molecule has 2 rings (SSSR count). The maximum atomic E-state index is 12.0. The molecular formula is C16H14ClNO4S. The number of carboxylic acid groups (broad SMARTS) is 1. The zero-order chi connectivity index (χ0) is 16.8. The second-order valence-corrected chi connectivity index (χ2v) is 6.68. The van der Waals surface area contributed by atoms with Crippen molar-refractivity contribution in [1.82, 2.24) is 0 Å². The zero-order valence-corrected chi connectivity index (χ0v) is 13.6. The highest BCUT2D eigenvalue weighted by atomic mass is 35.5. The quantitative estimate of drug-likeness (QED) is 0.838. The van der Waals surface area contributed by atoms with E-state index in [2.05, 4.69) is 5.32 Å². The number of hydrogen-bond acceptors (Lipinski definition) is 3. The smallest absolute Gasteiger partial charge is 0.335 e. The predicted molar refractivity (Wildman–Crippen MR) is 90.2 cm³/mol. The Morgan fingerprint density at radius 3 is 2.43 bits per heavy atom. The summed E-state index contributed by atoms with van der Waals surface area (Å²) in [5.41, 5.74) is 1.39. The first-order valence-corrected chi connectivity index (χ1v) is 8.53. The molecule has 1 atom stereocenters. The Kier molecular flexibility index (Phi) is 5.90. The molecule has 0 heterocycles. The molecule has 120 valence electrons. The highest BCUT2D eigenvalue weighted by Crippen LogP contribution is 2.13. The number of rotatable bonds is 6. The minimum atomic E-state index is -1.36. The van der Waals surface area contributed by atoms with Crippen molar-refractivity contribution in [2.75, 3.05) is 11.1 Å². The van der Waals surface area contributed by atoms with E-state index >= 15 is 0 Å². The molecule has 2 N–H and O–H groups in total. The number of carbonyl (C=O) groups is 2. The van der Waals surface area contributed by atoms with Crippen LogP contribution in [-0.4, -0.2) is 26.9 Å². The highest BCUT2D eigenvalue weighted by molar-refractivity contribution is 7.84. The molecule has 2 aromatic rings. The third kappa shape index (κ3) is 5.50. The monoisotopic (exact) mass is 351 g/mol. The van der Waals surface area contributed by atoms with Crippen LogP contribution in [0.2, 0.25) is 5.02 Å². The maximum Gasteiger partial charge on any atom is 0.335 e. The standard InChI is InChI=1S/C16H14ClNO4S/c17-13-3-1-2-11(8-13)9-23(22)10-15(19)18-14-6-4-12(5-7-14)16(20)21/h1-8H,9-10H2,(H,18,19)(H,20,21). The number of benzene rings is 2. The van der Waals surface area contributed by atoms with Crippen molar-refractivity contribution in [3.8, 4) is 0 Å². The van der Waals surface area contributed by atoms with Crippen LogP contribution in [0.5, 0.6) is 0 Å². The summed E-state index contributed by atoms with van der Waals surface area (Å²) in [5.74, 6) is -1.34. The van der Waals surface area contributed by atoms with Gasteiger partial charge >= 0.3 is 5.97 Å². The molecule has 0 spiro atoms. The van der Waals surface area contributed by atoms with Crippen molar-refractivity contribution >= 4 is 40.0 Å². The van der Waals surface area contributed by atoms with Crippen molar-refractivity contribution in [3.05, 3.63) is 64.7 Å². The van der Waals surface area contributed by atoms with Crippen LogP contribution in [0.25, 0.3) is 0 Å². The lowest BCUT2D eigenvalue weighted by molar-refractivity contribution is -0.113. The summed E-state index contributed by atoms with van der Waals surface area (Å²) in [6.07, 6.45) is 0. The largest absolute Gasteiger partial charge is 0.478 e. The van der Waals surface area contributed by atoms with Crippen LogP contribution in [0.1, 0.15) is 15.9 Å². The fourth-order valence-electron chi connectivity index (χ4n) is 1.90. The van der Waals surface area contributed by atoms with E-state index in [0.29, 0.717) is 10.7 Å². The molecule has 7 heteroatoms. The minimum Gasteiger partial charge on any atom is -0.478 e. The molecule has 0 fully saturated rings. The number of nitrogens with one attached hydrogen (secondary N) is 1. The molecular weight excluding hydrogens is 338 g/mol. The van der Waals surface area contributed by atoms with Gasteiger partial charge in [0.15, 0.2) is 0 Å². The minimum absolute atomic E-state index is 0.132. The van der Waals surface area contributed by atoms with E-state index in [1.807, 2.05) is 0 Å². The molecule has 2 aromatic carbocycles. The SMILES string of the molecule is O=C(CS(=O)Cc1cccc(Cl)c1)Nc1ccc(C(=O)O)cc1. The van der Waals surface area contributed by atoms with Crippen molar-refractivity contribution < 1.29 is 18.9 Å². The Hall–Kier alpha value is -2.18. The Labute approximate surface area is 140 Å². The van der Waals surface area contributed by atoms with Crippen molar-refractivity contribution in [3.63, 3.8) is 0 Å². The topological polar surface area (TPSA) is 83.5 Å². The van der Waals surface area contributed by atoms with Crippen molar-refractivity contribution in [2.24, 2.45) is 0 Å². The number of carbonyl (C=O) groups excluding carboxylic acids is 1. The van der Waals surface area contributed by atoms with Crippen molar-refractivity contribution in [2.45, 2.75) is 5.75 Å². The summed E-state index contributed by atoms with van der Waals surface area (Å²) < 4.78 is 12.0. The van der Waals surface area contributed by atoms with Crippen LogP contribution in [-0.2, 0) is 21.3 Å². The van der Waals surface area contributed by atoms with Gasteiger partial charge in [-0.1, -0.05) is 23.7 Å². The first-order chi connectivity index (χ1) is 10.9. The number of carboxylic acids is 1. The van der Waals surface area contributed by atoms with Crippen LogP contribution >= 0.6 is 11.6 Å². The number of amides is 1. The first-order valence-electron chi connectivity index (χ1n) is 6.66. The van der Waals surface area contributed by atoms with E-state index < -0.39 is 22.7 Å². The van der Waals surface area contributed by atoms with E-state index in [9.17, 15) is 13.8 Å². The molecule has 0 saturated heterocycles. The molecule has 5 nitrogen and oxygen atoms in total. The van der Waals surface area contributed by atoms with Gasteiger partial charge in [0.1, 0.15) is 5.75 Å². The van der Waals surface area contributed by atoms with Crippen LogP contribution in [0, 0.1) is 0 Å². The molecule has 0 aromatic heterocycles. The van der Waals surface area contributed by atoms with Gasteiger partial charge in [-0.3, -0.25) is 9.00 Å².